The van der Waals surface area contributed by atoms with Gasteiger partial charge < -0.3 is 20.4 Å². The molecule has 4 nitrogen and oxygen atoms in total. The first-order chi connectivity index (χ1) is 18.3. The Bertz CT molecular complexity index is 1010. The van der Waals surface area contributed by atoms with Crippen LogP contribution in [0.3, 0.4) is 0 Å². The molecule has 3 unspecified atom stereocenters. The second-order valence-electron chi connectivity index (χ2n) is 13.7. The molecule has 228 valence electrons. The van der Waals surface area contributed by atoms with E-state index in [4.69, 9.17) is 0 Å². The Balaban J connectivity index is 1.88. The number of alkyl halides is 4. The van der Waals surface area contributed by atoms with Crippen LogP contribution in [-0.4, -0.2) is 50.3 Å². The van der Waals surface area contributed by atoms with Gasteiger partial charge in [0.05, 0.1) is 17.8 Å². The maximum atomic E-state index is 13.9. The zero-order chi connectivity index (χ0) is 30.1. The molecular formula is C32H48F4O4. The van der Waals surface area contributed by atoms with Crippen LogP contribution in [0.25, 0.3) is 0 Å². The molecule has 8 heteroatoms. The average molecular weight is 573 g/mol. The minimum absolute atomic E-state index is 0.113. The lowest BCUT2D eigenvalue weighted by Crippen LogP contribution is -2.42. The van der Waals surface area contributed by atoms with Gasteiger partial charge in [-0.1, -0.05) is 50.6 Å². The van der Waals surface area contributed by atoms with Crippen molar-refractivity contribution in [1.29, 1.82) is 0 Å². The van der Waals surface area contributed by atoms with Crippen molar-refractivity contribution in [3.8, 4) is 0 Å². The van der Waals surface area contributed by atoms with Crippen molar-refractivity contribution in [3.05, 3.63) is 47.6 Å². The van der Waals surface area contributed by atoms with Gasteiger partial charge in [0.2, 0.25) is 0 Å². The van der Waals surface area contributed by atoms with E-state index in [0.29, 0.717) is 37.7 Å². The standard InChI is InChI=1S/C32H48F4O4/c1-21-23(19-24(37)20-26(21)38)11-10-22-9-6-17-30(5)25(22)12-13-27(30)29(4,15-7-14-28(2,3)39)16-8-18-31(33,40)32(34,35)36/h8,10-11,18,24-27,37-40H,1,6-7,9,12-17,19-20H2,2-5H3/b18-8-,22-10+,23-11-/t24-,25?,26+,27?,29-,30+,31?/m1/s1. The number of fused-ring (bicyclic) bond motifs is 1. The van der Waals surface area contributed by atoms with Gasteiger partial charge in [0.1, 0.15) is 0 Å². The van der Waals surface area contributed by atoms with Crippen LogP contribution in [0.15, 0.2) is 47.6 Å². The zero-order valence-electron chi connectivity index (χ0n) is 24.4. The van der Waals surface area contributed by atoms with Gasteiger partial charge in [-0.3, -0.25) is 0 Å². The summed E-state index contributed by atoms with van der Waals surface area (Å²) < 4.78 is 52.7. The SMILES string of the molecule is C=C1/C(=C\C=C2/CCC[C@@]3(C)C2CCC3[C@@](C)(C/C=C\C(O)(F)C(F)(F)F)CCCC(C)(C)O)C[C@@H](O)C[C@@H]1O. The van der Waals surface area contributed by atoms with Crippen molar-refractivity contribution >= 4 is 0 Å². The minimum atomic E-state index is -5.40. The Kier molecular flexibility index (Phi) is 9.93. The number of halogens is 4. The number of hydrogen-bond donors (Lipinski definition) is 4. The minimum Gasteiger partial charge on any atom is -0.393 e. The second kappa shape index (κ2) is 12.0. The number of aliphatic hydroxyl groups excluding tert-OH is 2. The van der Waals surface area contributed by atoms with E-state index >= 15 is 0 Å². The third-order valence-corrected chi connectivity index (χ3v) is 9.93. The summed E-state index contributed by atoms with van der Waals surface area (Å²) in [7, 11) is 0. The van der Waals surface area contributed by atoms with Gasteiger partial charge >= 0.3 is 12.0 Å². The van der Waals surface area contributed by atoms with Crippen LogP contribution in [0.5, 0.6) is 0 Å². The number of aliphatic hydroxyl groups is 4. The summed E-state index contributed by atoms with van der Waals surface area (Å²) >= 11 is 0. The van der Waals surface area contributed by atoms with Crippen LogP contribution in [0.4, 0.5) is 17.6 Å². The molecule has 3 saturated carbocycles. The largest absolute Gasteiger partial charge is 0.452 e. The highest BCUT2D eigenvalue weighted by Crippen LogP contribution is 2.63. The lowest BCUT2D eigenvalue weighted by atomic mass is 9.55. The number of rotatable bonds is 9. The predicted molar refractivity (Wildman–Crippen MR) is 149 cm³/mol. The van der Waals surface area contributed by atoms with E-state index in [1.807, 2.05) is 6.08 Å². The molecule has 0 bridgehead atoms. The van der Waals surface area contributed by atoms with Crippen molar-refractivity contribution < 1.29 is 38.0 Å². The van der Waals surface area contributed by atoms with Crippen molar-refractivity contribution in [3.63, 3.8) is 0 Å². The van der Waals surface area contributed by atoms with E-state index in [9.17, 15) is 38.0 Å². The number of hydrogen-bond acceptors (Lipinski definition) is 4. The molecule has 3 fully saturated rings. The first-order valence-corrected chi connectivity index (χ1v) is 14.6. The molecule has 0 spiro atoms. The molecule has 3 aliphatic carbocycles. The Labute approximate surface area is 236 Å². The lowest BCUT2D eigenvalue weighted by Gasteiger charge is -2.49. The van der Waals surface area contributed by atoms with E-state index in [1.165, 1.54) is 5.57 Å². The summed E-state index contributed by atoms with van der Waals surface area (Å²) in [6.45, 7) is 11.8. The maximum Gasteiger partial charge on any atom is 0.452 e. The van der Waals surface area contributed by atoms with Crippen molar-refractivity contribution in [2.24, 2.45) is 22.7 Å². The highest BCUT2D eigenvalue weighted by molar-refractivity contribution is 5.38. The summed E-state index contributed by atoms with van der Waals surface area (Å²) in [5.41, 5.74) is 1.36. The van der Waals surface area contributed by atoms with Crippen LogP contribution in [0, 0.1) is 22.7 Å². The van der Waals surface area contributed by atoms with Crippen molar-refractivity contribution in [2.45, 2.75) is 128 Å². The highest BCUT2D eigenvalue weighted by atomic mass is 19.4. The van der Waals surface area contributed by atoms with E-state index in [-0.39, 0.29) is 29.7 Å². The molecular weight excluding hydrogens is 524 g/mol. The predicted octanol–water partition coefficient (Wildman–Crippen LogP) is 7.24. The smallest absolute Gasteiger partial charge is 0.393 e. The van der Waals surface area contributed by atoms with Gasteiger partial charge in [-0.15, -0.1) is 0 Å². The van der Waals surface area contributed by atoms with Crippen LogP contribution in [-0.2, 0) is 0 Å². The van der Waals surface area contributed by atoms with Gasteiger partial charge in [0.15, 0.2) is 0 Å². The molecule has 0 saturated heterocycles. The van der Waals surface area contributed by atoms with Gasteiger partial charge in [0.25, 0.3) is 0 Å². The first kappa shape index (κ1) is 33.0. The highest BCUT2D eigenvalue weighted by Gasteiger charge is 2.56. The van der Waals surface area contributed by atoms with E-state index in [2.05, 4.69) is 26.5 Å². The molecule has 0 aromatic carbocycles. The van der Waals surface area contributed by atoms with Gasteiger partial charge in [0, 0.05) is 6.42 Å². The third kappa shape index (κ3) is 7.47. The van der Waals surface area contributed by atoms with Crippen LogP contribution < -0.4 is 0 Å². The fourth-order valence-electron chi connectivity index (χ4n) is 7.77. The molecule has 0 aromatic heterocycles. The van der Waals surface area contributed by atoms with E-state index in [1.54, 1.807) is 13.8 Å². The monoisotopic (exact) mass is 572 g/mol. The topological polar surface area (TPSA) is 80.9 Å². The number of allylic oxidation sites excluding steroid dienone is 4. The van der Waals surface area contributed by atoms with Crippen molar-refractivity contribution in [2.75, 3.05) is 0 Å². The van der Waals surface area contributed by atoms with Crippen molar-refractivity contribution in [1.82, 2.24) is 0 Å². The zero-order valence-corrected chi connectivity index (χ0v) is 24.4. The molecule has 40 heavy (non-hydrogen) atoms. The molecule has 0 aromatic rings. The summed E-state index contributed by atoms with van der Waals surface area (Å²) in [6.07, 6.45) is 6.20. The van der Waals surface area contributed by atoms with Gasteiger partial charge in [-0.05, 0) is 112 Å². The molecule has 3 aliphatic rings. The summed E-state index contributed by atoms with van der Waals surface area (Å²) in [5.74, 6) is -3.94. The normalized spacial score (nSPS) is 35.2. The molecule has 3 rings (SSSR count). The molecule has 7 atom stereocenters. The maximum absolute atomic E-state index is 13.9. The van der Waals surface area contributed by atoms with Crippen LogP contribution >= 0.6 is 0 Å². The van der Waals surface area contributed by atoms with Gasteiger partial charge in [-0.2, -0.15) is 17.6 Å². The first-order valence-electron chi connectivity index (χ1n) is 14.6. The molecule has 0 heterocycles. The third-order valence-electron chi connectivity index (χ3n) is 9.93. The Hall–Kier alpha value is -1.48. The fraction of sp³-hybridized carbons (Fsp3) is 0.750. The Morgan fingerprint density at radius 1 is 1.02 bits per heavy atom. The van der Waals surface area contributed by atoms with Crippen LogP contribution in [0.1, 0.15) is 98.3 Å². The molecule has 0 radical (unpaired) electrons. The fourth-order valence-corrected chi connectivity index (χ4v) is 7.77. The average Bonchev–Trinajstić information content (AvgIpc) is 3.17. The van der Waals surface area contributed by atoms with E-state index < -0.39 is 35.3 Å². The summed E-state index contributed by atoms with van der Waals surface area (Å²) in [6, 6.07) is 0. The van der Waals surface area contributed by atoms with Crippen LogP contribution in [0.2, 0.25) is 0 Å². The lowest BCUT2D eigenvalue weighted by molar-refractivity contribution is -0.290. The second-order valence-corrected chi connectivity index (χ2v) is 13.7. The molecule has 0 aliphatic heterocycles. The van der Waals surface area contributed by atoms with Gasteiger partial charge in [-0.25, -0.2) is 0 Å². The quantitative estimate of drug-likeness (QED) is 0.173. The molecule has 4 N–H and O–H groups in total. The Morgan fingerprint density at radius 2 is 1.70 bits per heavy atom. The summed E-state index contributed by atoms with van der Waals surface area (Å²) in [4.78, 5) is 0. The molecule has 0 amide bonds. The Morgan fingerprint density at radius 3 is 2.33 bits per heavy atom. The summed E-state index contributed by atoms with van der Waals surface area (Å²) in [5, 5.41) is 39.9. The van der Waals surface area contributed by atoms with E-state index in [0.717, 1.165) is 43.8 Å².